The highest BCUT2D eigenvalue weighted by Crippen LogP contribution is 2.13. The van der Waals surface area contributed by atoms with Crippen LogP contribution in [0.1, 0.15) is 11.3 Å². The molecule has 0 saturated carbocycles. The molecule has 0 N–H and O–H groups in total. The largest absolute Gasteiger partial charge is 0.468 e. The zero-order valence-electron chi connectivity index (χ0n) is 9.00. The molecular weight excluding hydrogens is 216 g/mol. The molecule has 2 rings (SSSR count). The normalized spacial score (nSPS) is 11.0. The van der Waals surface area contributed by atoms with Crippen molar-refractivity contribution in [3.63, 3.8) is 0 Å². The van der Waals surface area contributed by atoms with Crippen LogP contribution in [0.5, 0.6) is 0 Å². The summed E-state index contributed by atoms with van der Waals surface area (Å²) in [6.07, 6.45) is 6.05. The predicted octanol–water partition coefficient (Wildman–Crippen LogP) is 4.23. The van der Waals surface area contributed by atoms with Crippen LogP contribution < -0.4 is 0 Å². The molecule has 0 atom stereocenters. The van der Waals surface area contributed by atoms with Crippen molar-refractivity contribution in [3.8, 4) is 0 Å². The summed E-state index contributed by atoms with van der Waals surface area (Å²) in [5.41, 5.74) is 1.25. The summed E-state index contributed by atoms with van der Waals surface area (Å²) in [6, 6.07) is 14.3. The van der Waals surface area contributed by atoms with Gasteiger partial charge in [0.05, 0.1) is 12.0 Å². The molecule has 0 saturated heterocycles. The summed E-state index contributed by atoms with van der Waals surface area (Å²) in [5, 5.41) is 0. The van der Waals surface area contributed by atoms with E-state index in [-0.39, 0.29) is 0 Å². The molecule has 1 nitrogen and oxygen atoms in total. The van der Waals surface area contributed by atoms with Crippen molar-refractivity contribution in [2.75, 3.05) is 5.75 Å². The Kier molecular flexibility index (Phi) is 4.32. The topological polar surface area (TPSA) is 13.1 Å². The maximum atomic E-state index is 5.25. The first-order valence-corrected chi connectivity index (χ1v) is 6.42. The molecule has 0 aliphatic carbocycles. The highest BCUT2D eigenvalue weighted by atomic mass is 32.2. The molecule has 0 aliphatic heterocycles. The van der Waals surface area contributed by atoms with Crippen LogP contribution in [-0.4, -0.2) is 5.75 Å². The second-order valence-corrected chi connectivity index (χ2v) is 4.44. The van der Waals surface area contributed by atoms with E-state index in [1.807, 2.05) is 30.0 Å². The lowest BCUT2D eigenvalue weighted by molar-refractivity contribution is 0.530. The molecule has 1 heterocycles. The zero-order chi connectivity index (χ0) is 11.1. The van der Waals surface area contributed by atoms with Gasteiger partial charge >= 0.3 is 0 Å². The van der Waals surface area contributed by atoms with Crippen molar-refractivity contribution in [3.05, 3.63) is 66.1 Å². The van der Waals surface area contributed by atoms with E-state index in [0.717, 1.165) is 17.3 Å². The molecule has 1 aromatic heterocycles. The summed E-state index contributed by atoms with van der Waals surface area (Å²) in [5.74, 6) is 2.99. The third-order valence-corrected chi connectivity index (χ3v) is 3.07. The summed E-state index contributed by atoms with van der Waals surface area (Å²) < 4.78 is 5.25. The van der Waals surface area contributed by atoms with Crippen LogP contribution in [-0.2, 0) is 5.75 Å². The number of hydrogen-bond donors (Lipinski definition) is 0. The Labute approximate surface area is 100 Å². The minimum atomic E-state index is 0.937. The molecule has 0 spiro atoms. The molecule has 0 unspecified atom stereocenters. The average molecular weight is 230 g/mol. The van der Waals surface area contributed by atoms with Gasteiger partial charge in [0.2, 0.25) is 0 Å². The Hall–Kier alpha value is -1.41. The monoisotopic (exact) mass is 230 g/mol. The van der Waals surface area contributed by atoms with Crippen LogP contribution in [0, 0.1) is 0 Å². The number of rotatable bonds is 5. The van der Waals surface area contributed by atoms with Gasteiger partial charge in [-0.1, -0.05) is 42.5 Å². The first-order chi connectivity index (χ1) is 7.95. The molecular formula is C14H14OS. The third kappa shape index (κ3) is 3.63. The molecule has 0 amide bonds. The van der Waals surface area contributed by atoms with Crippen LogP contribution >= 0.6 is 11.8 Å². The summed E-state index contributed by atoms with van der Waals surface area (Å²) >= 11 is 1.85. The fourth-order valence-corrected chi connectivity index (χ4v) is 2.09. The van der Waals surface area contributed by atoms with Gasteiger partial charge in [0.25, 0.3) is 0 Å². The van der Waals surface area contributed by atoms with E-state index in [1.54, 1.807) is 6.26 Å². The van der Waals surface area contributed by atoms with Crippen LogP contribution in [0.15, 0.2) is 59.2 Å². The maximum Gasteiger partial charge on any atom is 0.113 e. The van der Waals surface area contributed by atoms with E-state index >= 15 is 0 Å². The van der Waals surface area contributed by atoms with Crippen LogP contribution in [0.2, 0.25) is 0 Å². The molecule has 0 radical (unpaired) electrons. The van der Waals surface area contributed by atoms with Gasteiger partial charge in [0.1, 0.15) is 5.76 Å². The molecule has 2 aromatic rings. The second kappa shape index (κ2) is 6.23. The average Bonchev–Trinajstić information content (AvgIpc) is 2.83. The minimum absolute atomic E-state index is 0.937. The Bertz CT molecular complexity index is 417. The van der Waals surface area contributed by atoms with Crippen molar-refractivity contribution in [1.29, 1.82) is 0 Å². The highest BCUT2D eigenvalue weighted by Gasteiger charge is 1.93. The van der Waals surface area contributed by atoms with Crippen LogP contribution in [0.4, 0.5) is 0 Å². The van der Waals surface area contributed by atoms with Gasteiger partial charge in [-0.3, -0.25) is 0 Å². The van der Waals surface area contributed by atoms with E-state index in [9.17, 15) is 0 Å². The van der Waals surface area contributed by atoms with E-state index in [4.69, 9.17) is 4.42 Å². The third-order valence-electron chi connectivity index (χ3n) is 2.15. The van der Waals surface area contributed by atoms with Crippen molar-refractivity contribution >= 4 is 17.8 Å². The first kappa shape index (κ1) is 11.1. The molecule has 0 bridgehead atoms. The molecule has 82 valence electrons. The summed E-state index contributed by atoms with van der Waals surface area (Å²) in [6.45, 7) is 0. The minimum Gasteiger partial charge on any atom is -0.468 e. The van der Waals surface area contributed by atoms with Gasteiger partial charge in [0.15, 0.2) is 0 Å². The lowest BCUT2D eigenvalue weighted by Crippen LogP contribution is -1.76. The molecule has 0 fully saturated rings. The Morgan fingerprint density at radius 1 is 1.06 bits per heavy atom. The zero-order valence-corrected chi connectivity index (χ0v) is 9.82. The van der Waals surface area contributed by atoms with Gasteiger partial charge < -0.3 is 4.42 Å². The van der Waals surface area contributed by atoms with E-state index < -0.39 is 0 Å². The predicted molar refractivity (Wildman–Crippen MR) is 70.3 cm³/mol. The molecule has 16 heavy (non-hydrogen) atoms. The smallest absolute Gasteiger partial charge is 0.113 e. The van der Waals surface area contributed by atoms with Gasteiger partial charge in [0, 0.05) is 5.75 Å². The standard InChI is InChI=1S/C14H14OS/c1-2-6-13(7-3-1)8-5-11-16-12-14-9-4-10-15-14/h1-10H,11-12H2/b8-5+. The van der Waals surface area contributed by atoms with Crippen LogP contribution in [0.3, 0.4) is 0 Å². The van der Waals surface area contributed by atoms with Gasteiger partial charge in [-0.2, -0.15) is 0 Å². The van der Waals surface area contributed by atoms with Crippen LogP contribution in [0.25, 0.3) is 6.08 Å². The van der Waals surface area contributed by atoms with Gasteiger partial charge in [-0.15, -0.1) is 11.8 Å². The number of thioether (sulfide) groups is 1. The SMILES string of the molecule is C(=C\c1ccccc1)/CSCc1ccco1. The quantitative estimate of drug-likeness (QED) is 0.713. The van der Waals surface area contributed by atoms with Gasteiger partial charge in [-0.25, -0.2) is 0 Å². The van der Waals surface area contributed by atoms with Crippen molar-refractivity contribution in [2.24, 2.45) is 0 Å². The number of furan rings is 1. The van der Waals surface area contributed by atoms with Crippen molar-refractivity contribution in [1.82, 2.24) is 0 Å². The van der Waals surface area contributed by atoms with E-state index in [2.05, 4.69) is 36.4 Å². The van der Waals surface area contributed by atoms with E-state index in [1.165, 1.54) is 5.56 Å². The maximum absolute atomic E-state index is 5.25. The van der Waals surface area contributed by atoms with E-state index in [0.29, 0.717) is 0 Å². The molecule has 0 aliphatic rings. The highest BCUT2D eigenvalue weighted by molar-refractivity contribution is 7.98. The molecule has 2 heteroatoms. The number of benzene rings is 1. The lowest BCUT2D eigenvalue weighted by Gasteiger charge is -1.94. The first-order valence-electron chi connectivity index (χ1n) is 5.27. The Morgan fingerprint density at radius 3 is 2.69 bits per heavy atom. The Morgan fingerprint density at radius 2 is 1.94 bits per heavy atom. The Balaban J connectivity index is 1.70. The molecule has 1 aromatic carbocycles. The fraction of sp³-hybridized carbons (Fsp3) is 0.143. The van der Waals surface area contributed by atoms with Crippen molar-refractivity contribution in [2.45, 2.75) is 5.75 Å². The fourth-order valence-electron chi connectivity index (χ4n) is 1.37. The number of hydrogen-bond acceptors (Lipinski definition) is 2. The second-order valence-electron chi connectivity index (χ2n) is 3.41. The van der Waals surface area contributed by atoms with Crippen molar-refractivity contribution < 1.29 is 4.42 Å². The van der Waals surface area contributed by atoms with Gasteiger partial charge in [-0.05, 0) is 17.7 Å². The summed E-state index contributed by atoms with van der Waals surface area (Å²) in [7, 11) is 0. The summed E-state index contributed by atoms with van der Waals surface area (Å²) in [4.78, 5) is 0. The lowest BCUT2D eigenvalue weighted by atomic mass is 10.2.